The Morgan fingerprint density at radius 2 is 2.28 bits per heavy atom. The molecule has 1 saturated heterocycles. The Bertz CT molecular complexity index is 832. The van der Waals surface area contributed by atoms with Gasteiger partial charge in [0.15, 0.2) is 17.6 Å². The molecule has 7 nitrogen and oxygen atoms in total. The van der Waals surface area contributed by atoms with E-state index in [2.05, 4.69) is 20.6 Å². The van der Waals surface area contributed by atoms with Crippen LogP contribution in [0.25, 0.3) is 0 Å². The molecule has 8 heteroatoms. The van der Waals surface area contributed by atoms with Crippen LogP contribution < -0.4 is 20.3 Å². The largest absolute Gasteiger partial charge is 0.497 e. The molecule has 0 radical (unpaired) electrons. The third-order valence-corrected chi connectivity index (χ3v) is 4.81. The molecule has 1 aromatic carbocycles. The van der Waals surface area contributed by atoms with Crippen LogP contribution in [0, 0.1) is 5.82 Å². The molecule has 2 unspecified atom stereocenters. The normalized spacial score (nSPS) is 17.9. The summed E-state index contributed by atoms with van der Waals surface area (Å²) in [6, 6.07) is 10.5. The van der Waals surface area contributed by atoms with Crippen LogP contribution in [-0.2, 0) is 0 Å². The highest BCUT2D eigenvalue weighted by Gasteiger charge is 2.26. The second-order valence-corrected chi connectivity index (χ2v) is 6.90. The molecule has 2 atom stereocenters. The second kappa shape index (κ2) is 10.1. The third kappa shape index (κ3) is 5.57. The first kappa shape index (κ1) is 20.9. The third-order valence-electron chi connectivity index (χ3n) is 4.81. The molecule has 3 rings (SSSR count). The number of ether oxygens (including phenoxy) is 1. The second-order valence-electron chi connectivity index (χ2n) is 6.90. The number of guanidine groups is 1. The van der Waals surface area contributed by atoms with Crippen LogP contribution in [0.1, 0.15) is 25.0 Å². The lowest BCUT2D eigenvalue weighted by Gasteiger charge is -2.20. The lowest BCUT2D eigenvalue weighted by atomic mass is 10.1. The van der Waals surface area contributed by atoms with E-state index in [4.69, 9.17) is 4.74 Å². The van der Waals surface area contributed by atoms with Crippen molar-refractivity contribution in [3.8, 4) is 5.75 Å². The zero-order valence-corrected chi connectivity index (χ0v) is 16.8. The van der Waals surface area contributed by atoms with Gasteiger partial charge in [0.1, 0.15) is 5.75 Å². The van der Waals surface area contributed by atoms with E-state index in [1.54, 1.807) is 25.4 Å². The number of nitrogens with zero attached hydrogens (tertiary/aromatic N) is 3. The van der Waals surface area contributed by atoms with Crippen molar-refractivity contribution in [2.24, 2.45) is 4.99 Å². The van der Waals surface area contributed by atoms with E-state index < -0.39 is 6.10 Å². The average Bonchev–Trinajstić information content (AvgIpc) is 3.20. The number of pyridine rings is 1. The van der Waals surface area contributed by atoms with Crippen LogP contribution in [0.15, 0.2) is 47.6 Å². The minimum atomic E-state index is -0.733. The van der Waals surface area contributed by atoms with Gasteiger partial charge in [0.2, 0.25) is 0 Å². The van der Waals surface area contributed by atoms with Crippen molar-refractivity contribution in [2.75, 3.05) is 38.2 Å². The van der Waals surface area contributed by atoms with Crippen molar-refractivity contribution in [3.05, 3.63) is 54.0 Å². The van der Waals surface area contributed by atoms with Crippen LogP contribution >= 0.6 is 0 Å². The van der Waals surface area contributed by atoms with E-state index in [-0.39, 0.29) is 18.4 Å². The lowest BCUT2D eigenvalue weighted by Crippen LogP contribution is -2.45. The minimum Gasteiger partial charge on any atom is -0.497 e. The predicted molar refractivity (Wildman–Crippen MR) is 112 cm³/mol. The molecular weight excluding hydrogens is 373 g/mol. The smallest absolute Gasteiger partial charge is 0.191 e. The maximum atomic E-state index is 14.0. The molecule has 0 bridgehead atoms. The van der Waals surface area contributed by atoms with Gasteiger partial charge in [-0.2, -0.15) is 0 Å². The summed E-state index contributed by atoms with van der Waals surface area (Å²) in [5.74, 6) is 1.40. The number of rotatable bonds is 7. The van der Waals surface area contributed by atoms with E-state index in [9.17, 15) is 9.50 Å². The van der Waals surface area contributed by atoms with E-state index in [1.165, 1.54) is 6.07 Å². The number of aromatic nitrogens is 1. The number of benzene rings is 1. The highest BCUT2D eigenvalue weighted by molar-refractivity contribution is 5.80. The van der Waals surface area contributed by atoms with Crippen LogP contribution in [0.4, 0.5) is 10.2 Å². The van der Waals surface area contributed by atoms with Crippen molar-refractivity contribution in [2.45, 2.75) is 25.5 Å². The molecular formula is C21H28FN5O2. The fraction of sp³-hybridized carbons (Fsp3) is 0.429. The predicted octanol–water partition coefficient (Wildman–Crippen LogP) is 2.10. The first-order valence-electron chi connectivity index (χ1n) is 9.83. The van der Waals surface area contributed by atoms with E-state index in [0.29, 0.717) is 30.6 Å². The molecule has 2 aromatic rings. The Labute approximate surface area is 170 Å². The molecule has 29 heavy (non-hydrogen) atoms. The van der Waals surface area contributed by atoms with Gasteiger partial charge in [0.25, 0.3) is 0 Å². The molecule has 0 spiro atoms. The van der Waals surface area contributed by atoms with Crippen molar-refractivity contribution in [3.63, 3.8) is 0 Å². The summed E-state index contributed by atoms with van der Waals surface area (Å²) in [5, 5.41) is 17.0. The van der Waals surface area contributed by atoms with Crippen LogP contribution in [0.5, 0.6) is 5.75 Å². The Kier molecular flexibility index (Phi) is 7.24. The standard InChI is InChI=1S/C21H28FN5O2/c1-3-23-21(25-13-19(28)15-6-4-7-17(12-15)29-2)26-16-9-11-27(14-16)20-18(22)8-5-10-24-20/h4-8,10,12,16,19,28H,3,9,11,13-14H2,1-2H3,(H2,23,25,26). The number of anilines is 1. The summed E-state index contributed by atoms with van der Waals surface area (Å²) in [5.41, 5.74) is 0.751. The van der Waals surface area contributed by atoms with Gasteiger partial charge in [-0.05, 0) is 43.2 Å². The van der Waals surface area contributed by atoms with Gasteiger partial charge >= 0.3 is 0 Å². The maximum absolute atomic E-state index is 14.0. The van der Waals surface area contributed by atoms with Crippen LogP contribution in [-0.4, -0.2) is 55.4 Å². The number of hydrogen-bond acceptors (Lipinski definition) is 5. The van der Waals surface area contributed by atoms with Crippen LogP contribution in [0.2, 0.25) is 0 Å². The quantitative estimate of drug-likeness (QED) is 0.487. The number of aliphatic imine (C=N–C) groups is 1. The number of aliphatic hydroxyl groups excluding tert-OH is 1. The van der Waals surface area contributed by atoms with Gasteiger partial charge in [0.05, 0.1) is 19.8 Å². The summed E-state index contributed by atoms with van der Waals surface area (Å²) in [4.78, 5) is 10.6. The summed E-state index contributed by atoms with van der Waals surface area (Å²) in [7, 11) is 1.60. The molecule has 0 aliphatic carbocycles. The van der Waals surface area contributed by atoms with Crippen LogP contribution in [0.3, 0.4) is 0 Å². The summed E-state index contributed by atoms with van der Waals surface area (Å²) >= 11 is 0. The number of halogens is 1. The maximum Gasteiger partial charge on any atom is 0.191 e. The van der Waals surface area contributed by atoms with Crippen molar-refractivity contribution < 1.29 is 14.2 Å². The molecule has 1 aliphatic rings. The Morgan fingerprint density at radius 3 is 3.03 bits per heavy atom. The minimum absolute atomic E-state index is 0.114. The monoisotopic (exact) mass is 401 g/mol. The summed E-state index contributed by atoms with van der Waals surface area (Å²) < 4.78 is 19.2. The van der Waals surface area contributed by atoms with E-state index >= 15 is 0 Å². The van der Waals surface area contributed by atoms with Crippen molar-refractivity contribution in [1.29, 1.82) is 0 Å². The van der Waals surface area contributed by atoms with Gasteiger partial charge in [0, 0.05) is 31.9 Å². The first-order valence-corrected chi connectivity index (χ1v) is 9.83. The SMILES string of the molecule is CCNC(=NCC(O)c1cccc(OC)c1)NC1CCN(c2ncccc2F)C1. The topological polar surface area (TPSA) is 82.0 Å². The lowest BCUT2D eigenvalue weighted by molar-refractivity contribution is 0.186. The van der Waals surface area contributed by atoms with E-state index in [1.807, 2.05) is 30.0 Å². The molecule has 1 aromatic heterocycles. The molecule has 0 saturated carbocycles. The summed E-state index contributed by atoms with van der Waals surface area (Å²) in [6.07, 6.45) is 1.71. The number of nitrogens with one attached hydrogen (secondary N) is 2. The Morgan fingerprint density at radius 1 is 1.41 bits per heavy atom. The molecule has 156 valence electrons. The molecule has 2 heterocycles. The Balaban J connectivity index is 1.60. The van der Waals surface area contributed by atoms with Gasteiger partial charge in [-0.3, -0.25) is 4.99 Å². The summed E-state index contributed by atoms with van der Waals surface area (Å²) in [6.45, 7) is 4.26. The first-order chi connectivity index (χ1) is 14.1. The van der Waals surface area contributed by atoms with Gasteiger partial charge < -0.3 is 25.4 Å². The Hall–Kier alpha value is -2.87. The molecule has 0 amide bonds. The van der Waals surface area contributed by atoms with E-state index in [0.717, 1.165) is 18.5 Å². The molecule has 1 fully saturated rings. The average molecular weight is 401 g/mol. The molecule has 1 aliphatic heterocycles. The zero-order valence-electron chi connectivity index (χ0n) is 16.8. The number of methoxy groups -OCH3 is 1. The van der Waals surface area contributed by atoms with Crippen molar-refractivity contribution in [1.82, 2.24) is 15.6 Å². The highest BCUT2D eigenvalue weighted by atomic mass is 19.1. The fourth-order valence-electron chi connectivity index (χ4n) is 3.33. The van der Waals surface area contributed by atoms with Gasteiger partial charge in [-0.15, -0.1) is 0 Å². The van der Waals surface area contributed by atoms with Gasteiger partial charge in [-0.1, -0.05) is 12.1 Å². The fourth-order valence-corrected chi connectivity index (χ4v) is 3.33. The number of aliphatic hydroxyl groups is 1. The molecule has 3 N–H and O–H groups in total. The van der Waals surface area contributed by atoms with Gasteiger partial charge in [-0.25, -0.2) is 9.37 Å². The zero-order chi connectivity index (χ0) is 20.6. The van der Waals surface area contributed by atoms with Crippen molar-refractivity contribution >= 4 is 11.8 Å². The number of hydrogen-bond donors (Lipinski definition) is 3. The highest BCUT2D eigenvalue weighted by Crippen LogP contribution is 2.21.